The van der Waals surface area contributed by atoms with E-state index in [1.54, 1.807) is 11.3 Å². The first-order valence-corrected chi connectivity index (χ1v) is 8.68. The fourth-order valence-corrected chi connectivity index (χ4v) is 4.89. The lowest BCUT2D eigenvalue weighted by atomic mass is 10.0. The molecule has 4 heteroatoms. The Morgan fingerprint density at radius 3 is 3.00 bits per heavy atom. The Balaban J connectivity index is 1.59. The van der Waals surface area contributed by atoms with Gasteiger partial charge in [-0.3, -0.25) is 4.99 Å². The van der Waals surface area contributed by atoms with Crippen LogP contribution < -0.4 is 5.32 Å². The average Bonchev–Trinajstić information content (AvgIpc) is 3.04. The molecule has 2 aliphatic rings. The second-order valence-corrected chi connectivity index (χ2v) is 7.26. The van der Waals surface area contributed by atoms with Crippen LogP contribution >= 0.6 is 23.1 Å². The summed E-state index contributed by atoms with van der Waals surface area (Å²) in [6.07, 6.45) is 6.48. The van der Waals surface area contributed by atoms with E-state index in [0.29, 0.717) is 11.6 Å². The third-order valence-corrected chi connectivity index (χ3v) is 5.78. The minimum absolute atomic E-state index is 0.381. The SMILES string of the molecule is CC(Cc1ccsc1)N=C1NC2(CCCC2)CS1. The van der Waals surface area contributed by atoms with Gasteiger partial charge in [-0.2, -0.15) is 11.3 Å². The Bertz CT molecular complexity index is 419. The molecule has 1 aromatic heterocycles. The summed E-state index contributed by atoms with van der Waals surface area (Å²) in [6, 6.07) is 2.58. The molecule has 98 valence electrons. The summed E-state index contributed by atoms with van der Waals surface area (Å²) in [5, 5.41) is 9.24. The summed E-state index contributed by atoms with van der Waals surface area (Å²) < 4.78 is 0. The molecule has 18 heavy (non-hydrogen) atoms. The van der Waals surface area contributed by atoms with Crippen molar-refractivity contribution < 1.29 is 0 Å². The van der Waals surface area contributed by atoms with E-state index in [1.165, 1.54) is 42.2 Å². The first-order valence-electron chi connectivity index (χ1n) is 6.76. The number of nitrogens with zero attached hydrogens (tertiary/aromatic N) is 1. The number of rotatable bonds is 3. The summed E-state index contributed by atoms with van der Waals surface area (Å²) in [5.41, 5.74) is 1.81. The highest BCUT2D eigenvalue weighted by Crippen LogP contribution is 2.37. The normalized spacial score (nSPS) is 25.7. The van der Waals surface area contributed by atoms with Crippen LogP contribution in [0.1, 0.15) is 38.2 Å². The van der Waals surface area contributed by atoms with Crippen LogP contribution in [0.2, 0.25) is 0 Å². The third-order valence-electron chi connectivity index (χ3n) is 3.87. The van der Waals surface area contributed by atoms with Gasteiger partial charge in [-0.15, -0.1) is 0 Å². The Kier molecular flexibility index (Phi) is 3.66. The fraction of sp³-hybridized carbons (Fsp3) is 0.643. The van der Waals surface area contributed by atoms with E-state index in [2.05, 4.69) is 29.1 Å². The van der Waals surface area contributed by atoms with Crippen LogP contribution in [0.5, 0.6) is 0 Å². The Hall–Kier alpha value is -0.480. The van der Waals surface area contributed by atoms with E-state index in [1.807, 2.05) is 11.8 Å². The number of hydrogen-bond donors (Lipinski definition) is 1. The molecule has 1 aliphatic carbocycles. The molecule has 2 fully saturated rings. The molecule has 1 aromatic rings. The van der Waals surface area contributed by atoms with Crippen LogP contribution in [-0.2, 0) is 6.42 Å². The monoisotopic (exact) mass is 280 g/mol. The van der Waals surface area contributed by atoms with E-state index in [-0.39, 0.29) is 0 Å². The van der Waals surface area contributed by atoms with Gasteiger partial charge in [-0.05, 0) is 48.6 Å². The number of amidine groups is 1. The molecule has 2 heterocycles. The maximum Gasteiger partial charge on any atom is 0.157 e. The second kappa shape index (κ2) is 5.25. The van der Waals surface area contributed by atoms with Crippen molar-refractivity contribution in [3.63, 3.8) is 0 Å². The molecule has 2 nitrogen and oxygen atoms in total. The van der Waals surface area contributed by atoms with Crippen LogP contribution in [0, 0.1) is 0 Å². The predicted octanol–water partition coefficient (Wildman–Crippen LogP) is 3.68. The molecule has 1 atom stereocenters. The van der Waals surface area contributed by atoms with E-state index in [4.69, 9.17) is 4.99 Å². The predicted molar refractivity (Wildman–Crippen MR) is 81.7 cm³/mol. The second-order valence-electron chi connectivity index (χ2n) is 5.52. The summed E-state index contributed by atoms with van der Waals surface area (Å²) in [4.78, 5) is 4.84. The number of hydrogen-bond acceptors (Lipinski definition) is 3. The number of thioether (sulfide) groups is 1. The Morgan fingerprint density at radius 1 is 1.44 bits per heavy atom. The zero-order valence-corrected chi connectivity index (χ0v) is 12.4. The van der Waals surface area contributed by atoms with E-state index >= 15 is 0 Å². The molecule has 1 saturated carbocycles. The van der Waals surface area contributed by atoms with Gasteiger partial charge in [0.1, 0.15) is 0 Å². The smallest absolute Gasteiger partial charge is 0.157 e. The van der Waals surface area contributed by atoms with Crippen molar-refractivity contribution in [3.05, 3.63) is 22.4 Å². The Labute approximate surface area is 117 Å². The first kappa shape index (κ1) is 12.5. The van der Waals surface area contributed by atoms with Crippen molar-refractivity contribution in [2.24, 2.45) is 4.99 Å². The van der Waals surface area contributed by atoms with Crippen molar-refractivity contribution in [1.29, 1.82) is 0 Å². The molecular formula is C14H20N2S2. The lowest BCUT2D eigenvalue weighted by Gasteiger charge is -2.22. The van der Waals surface area contributed by atoms with Crippen molar-refractivity contribution in [1.82, 2.24) is 5.32 Å². The van der Waals surface area contributed by atoms with Gasteiger partial charge in [0.15, 0.2) is 5.17 Å². The highest BCUT2D eigenvalue weighted by Gasteiger charge is 2.39. The van der Waals surface area contributed by atoms with Crippen LogP contribution in [0.15, 0.2) is 21.8 Å². The largest absolute Gasteiger partial charge is 0.359 e. The molecule has 1 N–H and O–H groups in total. The average molecular weight is 280 g/mol. The standard InChI is InChI=1S/C14H20N2S2/c1-11(8-12-4-7-17-9-12)15-13-16-14(10-18-13)5-2-3-6-14/h4,7,9,11H,2-3,5-6,8,10H2,1H3,(H,15,16). The maximum atomic E-state index is 4.84. The molecule has 1 saturated heterocycles. The zero-order chi connectivity index (χ0) is 12.4. The van der Waals surface area contributed by atoms with E-state index in [9.17, 15) is 0 Å². The molecule has 1 unspecified atom stereocenters. The fourth-order valence-electron chi connectivity index (χ4n) is 2.89. The summed E-state index contributed by atoms with van der Waals surface area (Å²) >= 11 is 3.69. The topological polar surface area (TPSA) is 24.4 Å². The van der Waals surface area contributed by atoms with Gasteiger partial charge < -0.3 is 5.32 Å². The van der Waals surface area contributed by atoms with Crippen LogP contribution in [-0.4, -0.2) is 22.5 Å². The number of nitrogens with one attached hydrogen (secondary N) is 1. The number of aliphatic imine (C=N–C) groups is 1. The van der Waals surface area contributed by atoms with Gasteiger partial charge in [0.25, 0.3) is 0 Å². The molecule has 1 spiro atoms. The van der Waals surface area contributed by atoms with Crippen molar-refractivity contribution in [2.75, 3.05) is 5.75 Å². The van der Waals surface area contributed by atoms with Gasteiger partial charge >= 0.3 is 0 Å². The van der Waals surface area contributed by atoms with Gasteiger partial charge in [-0.1, -0.05) is 24.6 Å². The molecule has 0 amide bonds. The molecule has 0 bridgehead atoms. The van der Waals surface area contributed by atoms with Gasteiger partial charge in [0, 0.05) is 11.3 Å². The summed E-state index contributed by atoms with van der Waals surface area (Å²) in [5.74, 6) is 1.22. The van der Waals surface area contributed by atoms with Gasteiger partial charge in [-0.25, -0.2) is 0 Å². The third kappa shape index (κ3) is 2.75. The van der Waals surface area contributed by atoms with Gasteiger partial charge in [0.2, 0.25) is 0 Å². The van der Waals surface area contributed by atoms with Gasteiger partial charge in [0.05, 0.1) is 6.04 Å². The van der Waals surface area contributed by atoms with Crippen LogP contribution in [0.25, 0.3) is 0 Å². The quantitative estimate of drug-likeness (QED) is 0.913. The van der Waals surface area contributed by atoms with Crippen molar-refractivity contribution in [2.45, 2.75) is 50.6 Å². The minimum atomic E-state index is 0.381. The lowest BCUT2D eigenvalue weighted by Crippen LogP contribution is -2.40. The first-order chi connectivity index (χ1) is 8.76. The molecular weight excluding hydrogens is 260 g/mol. The highest BCUT2D eigenvalue weighted by atomic mass is 32.2. The molecule has 0 radical (unpaired) electrons. The number of thiophene rings is 1. The highest BCUT2D eigenvalue weighted by molar-refractivity contribution is 8.14. The van der Waals surface area contributed by atoms with E-state index in [0.717, 1.165) is 6.42 Å². The maximum absolute atomic E-state index is 4.84. The van der Waals surface area contributed by atoms with Crippen molar-refractivity contribution in [3.8, 4) is 0 Å². The van der Waals surface area contributed by atoms with E-state index < -0.39 is 0 Å². The molecule has 0 aromatic carbocycles. The summed E-state index contributed by atoms with van der Waals surface area (Å²) in [6.45, 7) is 2.21. The van der Waals surface area contributed by atoms with Crippen LogP contribution in [0.4, 0.5) is 0 Å². The Morgan fingerprint density at radius 2 is 2.28 bits per heavy atom. The summed E-state index contributed by atoms with van der Waals surface area (Å²) in [7, 11) is 0. The molecule has 1 aliphatic heterocycles. The lowest BCUT2D eigenvalue weighted by molar-refractivity contribution is 0.452. The minimum Gasteiger partial charge on any atom is -0.359 e. The van der Waals surface area contributed by atoms with Crippen LogP contribution in [0.3, 0.4) is 0 Å². The van der Waals surface area contributed by atoms with Crippen molar-refractivity contribution >= 4 is 28.3 Å². The zero-order valence-electron chi connectivity index (χ0n) is 10.8. The molecule has 3 rings (SSSR count).